The number of nitrogens with zero attached hydrogens (tertiary/aromatic N) is 2. The molecule has 1 heterocycles. The van der Waals surface area contributed by atoms with Crippen LogP contribution in [0.1, 0.15) is 11.3 Å². The maximum atomic E-state index is 12.1. The van der Waals surface area contributed by atoms with Gasteiger partial charge in [0.1, 0.15) is 0 Å². The van der Waals surface area contributed by atoms with E-state index in [0.29, 0.717) is 5.69 Å². The minimum absolute atomic E-state index is 0.129. The maximum Gasteiger partial charge on any atom is 0.253 e. The van der Waals surface area contributed by atoms with Gasteiger partial charge in [0.05, 0.1) is 11.7 Å². The van der Waals surface area contributed by atoms with E-state index in [0.717, 1.165) is 5.56 Å². The molecule has 1 aromatic rings. The first kappa shape index (κ1) is 10.1. The molecule has 0 bridgehead atoms. The van der Waals surface area contributed by atoms with Gasteiger partial charge < -0.3 is 5.73 Å². The fourth-order valence-electron chi connectivity index (χ4n) is 1.17. The highest BCUT2D eigenvalue weighted by Gasteiger charge is 2.17. The molecule has 0 amide bonds. The third-order valence-corrected chi connectivity index (χ3v) is 1.87. The molecule has 1 unspecified atom stereocenters. The van der Waals surface area contributed by atoms with Crippen molar-refractivity contribution in [1.82, 2.24) is 9.78 Å². The molecular weight excluding hydrogens is 176 g/mol. The summed E-state index contributed by atoms with van der Waals surface area (Å²) < 4.78 is 25.8. The van der Waals surface area contributed by atoms with E-state index in [9.17, 15) is 8.78 Å². The summed E-state index contributed by atoms with van der Waals surface area (Å²) in [6.07, 6.45) is -0.570. The van der Waals surface area contributed by atoms with Crippen molar-refractivity contribution in [1.29, 1.82) is 0 Å². The molecule has 0 spiro atoms. The van der Waals surface area contributed by atoms with Crippen LogP contribution in [0.25, 0.3) is 0 Å². The SMILES string of the molecule is Cc1cn(C)nc1CC(N)C(F)F. The Morgan fingerprint density at radius 1 is 1.62 bits per heavy atom. The number of halogens is 2. The highest BCUT2D eigenvalue weighted by Crippen LogP contribution is 2.09. The standard InChI is InChI=1S/C8H13F2N3/c1-5-4-13(2)12-7(5)3-6(11)8(9)10/h4,6,8H,3,11H2,1-2H3. The van der Waals surface area contributed by atoms with Crippen LogP contribution in [-0.2, 0) is 13.5 Å². The van der Waals surface area contributed by atoms with Crippen molar-refractivity contribution in [3.63, 3.8) is 0 Å². The van der Waals surface area contributed by atoms with Gasteiger partial charge in [0.15, 0.2) is 0 Å². The Bertz CT molecular complexity index is 283. The third kappa shape index (κ3) is 2.48. The van der Waals surface area contributed by atoms with Gasteiger partial charge in [-0.3, -0.25) is 4.68 Å². The van der Waals surface area contributed by atoms with Gasteiger partial charge in [-0.05, 0) is 12.5 Å². The van der Waals surface area contributed by atoms with Gasteiger partial charge in [-0.1, -0.05) is 0 Å². The molecule has 1 atom stereocenters. The molecule has 3 nitrogen and oxygen atoms in total. The van der Waals surface area contributed by atoms with Gasteiger partial charge >= 0.3 is 0 Å². The summed E-state index contributed by atoms with van der Waals surface area (Å²) >= 11 is 0. The molecule has 0 aromatic carbocycles. The highest BCUT2D eigenvalue weighted by atomic mass is 19.3. The lowest BCUT2D eigenvalue weighted by atomic mass is 10.1. The van der Waals surface area contributed by atoms with Crippen molar-refractivity contribution >= 4 is 0 Å². The Kier molecular flexibility index (Phi) is 2.98. The van der Waals surface area contributed by atoms with E-state index in [1.165, 1.54) is 0 Å². The van der Waals surface area contributed by atoms with Gasteiger partial charge in [-0.15, -0.1) is 0 Å². The van der Waals surface area contributed by atoms with E-state index in [1.807, 2.05) is 6.92 Å². The van der Waals surface area contributed by atoms with E-state index in [1.54, 1.807) is 17.9 Å². The van der Waals surface area contributed by atoms with Gasteiger partial charge in [0, 0.05) is 19.7 Å². The minimum Gasteiger partial charge on any atom is -0.323 e. The van der Waals surface area contributed by atoms with E-state index in [4.69, 9.17) is 5.73 Å². The maximum absolute atomic E-state index is 12.1. The fourth-order valence-corrected chi connectivity index (χ4v) is 1.17. The van der Waals surface area contributed by atoms with Crippen molar-refractivity contribution in [2.75, 3.05) is 0 Å². The Hall–Kier alpha value is -0.970. The summed E-state index contributed by atoms with van der Waals surface area (Å²) in [4.78, 5) is 0. The lowest BCUT2D eigenvalue weighted by molar-refractivity contribution is 0.115. The van der Waals surface area contributed by atoms with Gasteiger partial charge in [0.25, 0.3) is 6.43 Å². The predicted octanol–water partition coefficient (Wildman–Crippen LogP) is 0.863. The average molecular weight is 189 g/mol. The number of hydrogen-bond donors (Lipinski definition) is 1. The zero-order chi connectivity index (χ0) is 10.0. The molecule has 0 radical (unpaired) electrons. The first-order chi connectivity index (χ1) is 6.00. The lowest BCUT2D eigenvalue weighted by Crippen LogP contribution is -2.31. The van der Waals surface area contributed by atoms with Crippen LogP contribution in [0.2, 0.25) is 0 Å². The van der Waals surface area contributed by atoms with Crippen molar-refractivity contribution in [3.05, 3.63) is 17.5 Å². The van der Waals surface area contributed by atoms with Crippen molar-refractivity contribution in [2.24, 2.45) is 12.8 Å². The molecular formula is C8H13F2N3. The minimum atomic E-state index is -2.48. The third-order valence-electron chi connectivity index (χ3n) is 1.87. The summed E-state index contributed by atoms with van der Waals surface area (Å²) in [6, 6.07) is -1.12. The molecule has 0 fully saturated rings. The molecule has 0 aliphatic carbocycles. The number of aromatic nitrogens is 2. The number of aryl methyl sites for hydroxylation is 2. The summed E-state index contributed by atoms with van der Waals surface area (Å²) in [5.41, 5.74) is 6.78. The van der Waals surface area contributed by atoms with Gasteiger partial charge in [-0.2, -0.15) is 5.10 Å². The van der Waals surface area contributed by atoms with Crippen LogP contribution in [0.5, 0.6) is 0 Å². The zero-order valence-electron chi connectivity index (χ0n) is 7.67. The van der Waals surface area contributed by atoms with E-state index >= 15 is 0 Å². The predicted molar refractivity (Wildman–Crippen MR) is 45.6 cm³/mol. The van der Waals surface area contributed by atoms with Crippen molar-refractivity contribution < 1.29 is 8.78 Å². The lowest BCUT2D eigenvalue weighted by Gasteiger charge is -2.08. The van der Waals surface area contributed by atoms with Crippen LogP contribution in [0.3, 0.4) is 0 Å². The largest absolute Gasteiger partial charge is 0.323 e. The van der Waals surface area contributed by atoms with Crippen LogP contribution < -0.4 is 5.73 Å². The summed E-state index contributed by atoms with van der Waals surface area (Å²) in [5, 5.41) is 4.04. The molecule has 1 aromatic heterocycles. The van der Waals surface area contributed by atoms with E-state index < -0.39 is 12.5 Å². The van der Waals surface area contributed by atoms with Crippen LogP contribution >= 0.6 is 0 Å². The first-order valence-corrected chi connectivity index (χ1v) is 4.03. The van der Waals surface area contributed by atoms with Gasteiger partial charge in [-0.25, -0.2) is 8.78 Å². The monoisotopic (exact) mass is 189 g/mol. The molecule has 0 aliphatic rings. The quantitative estimate of drug-likeness (QED) is 0.766. The molecule has 74 valence electrons. The Balaban J connectivity index is 2.68. The normalized spacial score (nSPS) is 13.7. The van der Waals surface area contributed by atoms with Crippen molar-refractivity contribution in [3.8, 4) is 0 Å². The number of alkyl halides is 2. The Labute approximate surface area is 75.5 Å². The molecule has 0 aliphatic heterocycles. The highest BCUT2D eigenvalue weighted by molar-refractivity contribution is 5.15. The molecule has 5 heteroatoms. The Morgan fingerprint density at radius 2 is 2.23 bits per heavy atom. The molecule has 0 saturated heterocycles. The summed E-state index contributed by atoms with van der Waals surface area (Å²) in [6.45, 7) is 1.83. The van der Waals surface area contributed by atoms with Crippen LogP contribution in [0.4, 0.5) is 8.78 Å². The van der Waals surface area contributed by atoms with E-state index in [-0.39, 0.29) is 6.42 Å². The topological polar surface area (TPSA) is 43.8 Å². The molecule has 1 rings (SSSR count). The Morgan fingerprint density at radius 3 is 2.62 bits per heavy atom. The second kappa shape index (κ2) is 3.83. The van der Waals surface area contributed by atoms with Crippen molar-refractivity contribution in [2.45, 2.75) is 25.8 Å². The summed E-state index contributed by atoms with van der Waals surface area (Å²) in [5.74, 6) is 0. The fraction of sp³-hybridized carbons (Fsp3) is 0.625. The number of hydrogen-bond acceptors (Lipinski definition) is 2. The smallest absolute Gasteiger partial charge is 0.253 e. The van der Waals surface area contributed by atoms with Crippen LogP contribution in [-0.4, -0.2) is 22.2 Å². The number of nitrogens with two attached hydrogens (primary N) is 1. The van der Waals surface area contributed by atoms with Crippen LogP contribution in [0.15, 0.2) is 6.20 Å². The van der Waals surface area contributed by atoms with E-state index in [2.05, 4.69) is 5.10 Å². The zero-order valence-corrected chi connectivity index (χ0v) is 7.67. The second-order valence-electron chi connectivity index (χ2n) is 3.13. The molecule has 2 N–H and O–H groups in total. The molecule has 0 saturated carbocycles. The van der Waals surface area contributed by atoms with Crippen LogP contribution in [0, 0.1) is 6.92 Å². The van der Waals surface area contributed by atoms with Gasteiger partial charge in [0.2, 0.25) is 0 Å². The average Bonchev–Trinajstić information content (AvgIpc) is 2.30. The second-order valence-corrected chi connectivity index (χ2v) is 3.13. The summed E-state index contributed by atoms with van der Waals surface area (Å²) in [7, 11) is 1.75. The molecule has 13 heavy (non-hydrogen) atoms. The number of rotatable bonds is 3. The first-order valence-electron chi connectivity index (χ1n) is 4.03.